The van der Waals surface area contributed by atoms with E-state index in [1.807, 2.05) is 11.4 Å². The van der Waals surface area contributed by atoms with Gasteiger partial charge in [0.1, 0.15) is 12.6 Å². The highest BCUT2D eigenvalue weighted by atomic mass is 32.1. The zero-order chi connectivity index (χ0) is 13.1. The number of fused-ring (bicyclic) bond motifs is 1. The van der Waals surface area contributed by atoms with Crippen LogP contribution in [0.4, 0.5) is 4.79 Å². The van der Waals surface area contributed by atoms with E-state index in [0.717, 1.165) is 10.4 Å². The Morgan fingerprint density at radius 2 is 2.44 bits per heavy atom. The predicted octanol–water partition coefficient (Wildman–Crippen LogP) is 1.88. The van der Waals surface area contributed by atoms with Crippen LogP contribution in [0.15, 0.2) is 24.1 Å². The number of ether oxygens (including phenoxy) is 1. The zero-order valence-corrected chi connectivity index (χ0v) is 10.5. The second-order valence-corrected chi connectivity index (χ2v) is 4.92. The highest BCUT2D eigenvalue weighted by molar-refractivity contribution is 7.10. The molecule has 0 saturated heterocycles. The van der Waals surface area contributed by atoms with Gasteiger partial charge in [-0.2, -0.15) is 0 Å². The number of amides is 1. The number of thiophene rings is 1. The van der Waals surface area contributed by atoms with Crippen molar-refractivity contribution in [2.75, 3.05) is 6.61 Å². The molecular weight excluding hydrogens is 254 g/mol. The number of rotatable bonds is 3. The van der Waals surface area contributed by atoms with Gasteiger partial charge in [-0.25, -0.2) is 9.59 Å². The van der Waals surface area contributed by atoms with Crippen molar-refractivity contribution >= 4 is 23.4 Å². The monoisotopic (exact) mass is 267 g/mol. The van der Waals surface area contributed by atoms with Gasteiger partial charge >= 0.3 is 12.1 Å². The number of nitrogens with zero attached hydrogens (tertiary/aromatic N) is 1. The lowest BCUT2D eigenvalue weighted by Gasteiger charge is -2.31. The lowest BCUT2D eigenvalue weighted by molar-refractivity contribution is -0.143. The van der Waals surface area contributed by atoms with Crippen molar-refractivity contribution in [2.45, 2.75) is 19.0 Å². The Morgan fingerprint density at radius 1 is 1.67 bits per heavy atom. The molecule has 1 aliphatic rings. The quantitative estimate of drug-likeness (QED) is 0.849. The van der Waals surface area contributed by atoms with E-state index in [-0.39, 0.29) is 6.61 Å². The average Bonchev–Trinajstić information content (AvgIpc) is 2.81. The van der Waals surface area contributed by atoms with Crippen LogP contribution < -0.4 is 0 Å². The molecule has 18 heavy (non-hydrogen) atoms. The first-order valence-corrected chi connectivity index (χ1v) is 6.33. The molecule has 0 saturated carbocycles. The molecule has 0 aromatic carbocycles. The van der Waals surface area contributed by atoms with Gasteiger partial charge in [-0.1, -0.05) is 12.7 Å². The third-order valence-corrected chi connectivity index (χ3v) is 3.73. The van der Waals surface area contributed by atoms with Crippen LogP contribution >= 0.6 is 11.3 Å². The number of aliphatic carboxylic acids is 1. The normalized spacial score (nSPS) is 18.0. The van der Waals surface area contributed by atoms with Crippen LogP contribution in [0, 0.1) is 0 Å². The van der Waals surface area contributed by atoms with E-state index in [1.165, 1.54) is 22.3 Å². The topological polar surface area (TPSA) is 66.8 Å². The van der Waals surface area contributed by atoms with Crippen LogP contribution in [0.5, 0.6) is 0 Å². The molecule has 6 heteroatoms. The van der Waals surface area contributed by atoms with Gasteiger partial charge in [0.15, 0.2) is 0 Å². The van der Waals surface area contributed by atoms with Gasteiger partial charge in [-0.3, -0.25) is 4.90 Å². The van der Waals surface area contributed by atoms with E-state index in [9.17, 15) is 14.7 Å². The van der Waals surface area contributed by atoms with Crippen molar-refractivity contribution in [2.24, 2.45) is 0 Å². The molecule has 5 nitrogen and oxygen atoms in total. The predicted molar refractivity (Wildman–Crippen MR) is 66.5 cm³/mol. The molecule has 0 aliphatic carbocycles. The molecule has 1 aromatic heterocycles. The molecule has 1 aliphatic heterocycles. The van der Waals surface area contributed by atoms with Gasteiger partial charge in [0.05, 0.1) is 6.54 Å². The van der Waals surface area contributed by atoms with Crippen molar-refractivity contribution in [3.63, 3.8) is 0 Å². The lowest BCUT2D eigenvalue weighted by atomic mass is 10.0. The second kappa shape index (κ2) is 5.22. The van der Waals surface area contributed by atoms with Crippen molar-refractivity contribution in [3.8, 4) is 0 Å². The molecular formula is C12H13NO4S. The number of carbonyl (C=O) groups excluding carboxylic acids is 1. The molecule has 0 spiro atoms. The van der Waals surface area contributed by atoms with E-state index in [2.05, 4.69) is 6.58 Å². The average molecular weight is 267 g/mol. The molecule has 2 rings (SSSR count). The zero-order valence-electron chi connectivity index (χ0n) is 9.67. The van der Waals surface area contributed by atoms with Gasteiger partial charge in [-0.15, -0.1) is 11.3 Å². The summed E-state index contributed by atoms with van der Waals surface area (Å²) in [6.45, 7) is 3.82. The standard InChI is InChI=1S/C12H13NO4S/c1-2-4-17-12(16)13-7-10-8(3-5-18-10)6-9(13)11(14)15/h2-3,5,9H,1,4,6-7H2,(H,14,15). The second-order valence-electron chi connectivity index (χ2n) is 3.92. The van der Waals surface area contributed by atoms with Gasteiger partial charge in [-0.05, 0) is 17.0 Å². The minimum atomic E-state index is -1.01. The summed E-state index contributed by atoms with van der Waals surface area (Å²) in [6, 6.07) is 1.05. The Bertz CT molecular complexity index is 482. The number of hydrogen-bond acceptors (Lipinski definition) is 4. The van der Waals surface area contributed by atoms with Crippen LogP contribution in [0.1, 0.15) is 10.4 Å². The summed E-state index contributed by atoms with van der Waals surface area (Å²) in [7, 11) is 0. The largest absolute Gasteiger partial charge is 0.480 e. The first-order chi connectivity index (χ1) is 8.63. The summed E-state index contributed by atoms with van der Waals surface area (Å²) in [5.41, 5.74) is 1.00. The molecule has 0 bridgehead atoms. The van der Waals surface area contributed by atoms with Crippen molar-refractivity contribution in [3.05, 3.63) is 34.5 Å². The summed E-state index contributed by atoms with van der Waals surface area (Å²) < 4.78 is 4.91. The summed E-state index contributed by atoms with van der Waals surface area (Å²) in [5.74, 6) is -1.01. The van der Waals surface area contributed by atoms with Crippen LogP contribution in [0.2, 0.25) is 0 Å². The van der Waals surface area contributed by atoms with E-state index in [1.54, 1.807) is 0 Å². The minimum absolute atomic E-state index is 0.0823. The number of carboxylic acid groups (broad SMARTS) is 1. The third kappa shape index (κ3) is 2.38. The van der Waals surface area contributed by atoms with E-state index < -0.39 is 18.1 Å². The first-order valence-electron chi connectivity index (χ1n) is 5.46. The Hall–Kier alpha value is -1.82. The maximum absolute atomic E-state index is 11.8. The third-order valence-electron chi connectivity index (χ3n) is 2.79. The fraction of sp³-hybridized carbons (Fsp3) is 0.333. The lowest BCUT2D eigenvalue weighted by Crippen LogP contribution is -2.48. The Balaban J connectivity index is 2.19. The highest BCUT2D eigenvalue weighted by Crippen LogP contribution is 2.28. The fourth-order valence-electron chi connectivity index (χ4n) is 1.90. The van der Waals surface area contributed by atoms with E-state index in [4.69, 9.17) is 4.74 Å². The molecule has 0 fully saturated rings. The number of carbonyl (C=O) groups is 2. The van der Waals surface area contributed by atoms with Gasteiger partial charge in [0.25, 0.3) is 0 Å². The molecule has 1 amide bonds. The number of carboxylic acids is 1. The molecule has 96 valence electrons. The maximum Gasteiger partial charge on any atom is 0.411 e. The maximum atomic E-state index is 11.8. The molecule has 2 heterocycles. The van der Waals surface area contributed by atoms with Crippen molar-refractivity contribution in [1.82, 2.24) is 4.90 Å². The Labute approximate surface area is 108 Å². The minimum Gasteiger partial charge on any atom is -0.480 e. The van der Waals surface area contributed by atoms with Gasteiger partial charge in [0, 0.05) is 11.3 Å². The number of hydrogen-bond donors (Lipinski definition) is 1. The summed E-state index contributed by atoms with van der Waals surface area (Å²) >= 11 is 1.52. The molecule has 1 N–H and O–H groups in total. The Kier molecular flexibility index (Phi) is 3.66. The van der Waals surface area contributed by atoms with Crippen LogP contribution in [0.25, 0.3) is 0 Å². The van der Waals surface area contributed by atoms with E-state index >= 15 is 0 Å². The SMILES string of the molecule is C=CCOC(=O)N1Cc2sccc2CC1C(=O)O. The molecule has 1 atom stereocenters. The molecule has 1 unspecified atom stereocenters. The Morgan fingerprint density at radius 3 is 3.11 bits per heavy atom. The van der Waals surface area contributed by atoms with Crippen LogP contribution in [-0.4, -0.2) is 34.7 Å². The highest BCUT2D eigenvalue weighted by Gasteiger charge is 2.35. The summed E-state index contributed by atoms with van der Waals surface area (Å²) in [6.07, 6.45) is 1.17. The summed E-state index contributed by atoms with van der Waals surface area (Å²) in [4.78, 5) is 25.3. The van der Waals surface area contributed by atoms with Gasteiger partial charge in [0.2, 0.25) is 0 Å². The van der Waals surface area contributed by atoms with E-state index in [0.29, 0.717) is 13.0 Å². The van der Waals surface area contributed by atoms with Crippen molar-refractivity contribution in [1.29, 1.82) is 0 Å². The fourth-order valence-corrected chi connectivity index (χ4v) is 2.81. The van der Waals surface area contributed by atoms with Crippen LogP contribution in [-0.2, 0) is 22.5 Å². The molecule has 0 radical (unpaired) electrons. The molecule has 1 aromatic rings. The summed E-state index contributed by atoms with van der Waals surface area (Å²) in [5, 5.41) is 11.1. The van der Waals surface area contributed by atoms with Gasteiger partial charge < -0.3 is 9.84 Å². The van der Waals surface area contributed by atoms with Crippen molar-refractivity contribution < 1.29 is 19.4 Å². The van der Waals surface area contributed by atoms with Crippen LogP contribution in [0.3, 0.4) is 0 Å². The smallest absolute Gasteiger partial charge is 0.411 e. The first kappa shape index (κ1) is 12.6.